The van der Waals surface area contributed by atoms with Crippen LogP contribution in [0.5, 0.6) is 0 Å². The zero-order chi connectivity index (χ0) is 15.9. The summed E-state index contributed by atoms with van der Waals surface area (Å²) in [6, 6.07) is 1.30. The van der Waals surface area contributed by atoms with Crippen LogP contribution in [-0.2, 0) is 0 Å². The highest BCUT2D eigenvalue weighted by Gasteiger charge is 2.35. The van der Waals surface area contributed by atoms with Crippen LogP contribution < -0.4 is 5.32 Å². The van der Waals surface area contributed by atoms with Crippen LogP contribution in [-0.4, -0.2) is 72.9 Å². The summed E-state index contributed by atoms with van der Waals surface area (Å²) in [7, 11) is 0. The number of piperidine rings is 2. The van der Waals surface area contributed by atoms with Gasteiger partial charge < -0.3 is 15.3 Å². The number of aliphatic hydroxyl groups excluding tert-OH is 1. The predicted molar refractivity (Wildman–Crippen MR) is 95.7 cm³/mol. The minimum absolute atomic E-state index is 0.345. The zero-order valence-electron chi connectivity index (χ0n) is 14.9. The second kappa shape index (κ2) is 9.36. The van der Waals surface area contributed by atoms with E-state index in [4.69, 9.17) is 0 Å². The highest BCUT2D eigenvalue weighted by Crippen LogP contribution is 2.28. The zero-order valence-corrected chi connectivity index (χ0v) is 14.9. The molecular formula is C19H37N3O. The van der Waals surface area contributed by atoms with Crippen LogP contribution in [0.15, 0.2) is 0 Å². The Kier molecular flexibility index (Phi) is 7.18. The summed E-state index contributed by atoms with van der Waals surface area (Å²) in [5, 5.41) is 13.1. The van der Waals surface area contributed by atoms with Gasteiger partial charge in [-0.25, -0.2) is 0 Å². The van der Waals surface area contributed by atoms with Gasteiger partial charge in [-0.3, -0.25) is 4.90 Å². The second-order valence-corrected chi connectivity index (χ2v) is 7.93. The van der Waals surface area contributed by atoms with Crippen molar-refractivity contribution >= 4 is 0 Å². The molecule has 3 saturated heterocycles. The van der Waals surface area contributed by atoms with E-state index in [1.807, 2.05) is 0 Å². The van der Waals surface area contributed by atoms with E-state index >= 15 is 0 Å². The van der Waals surface area contributed by atoms with Crippen molar-refractivity contribution in [2.75, 3.05) is 45.9 Å². The van der Waals surface area contributed by atoms with E-state index in [9.17, 15) is 5.11 Å². The maximum atomic E-state index is 9.44. The average Bonchev–Trinajstić information content (AvgIpc) is 2.85. The monoisotopic (exact) mass is 323 g/mol. The van der Waals surface area contributed by atoms with Gasteiger partial charge in [0.25, 0.3) is 0 Å². The molecule has 4 nitrogen and oxygen atoms in total. The summed E-state index contributed by atoms with van der Waals surface area (Å²) < 4.78 is 0. The maximum Gasteiger partial charge on any atom is 0.0445 e. The highest BCUT2D eigenvalue weighted by atomic mass is 16.3. The number of hydrogen-bond donors (Lipinski definition) is 2. The van der Waals surface area contributed by atoms with Crippen LogP contribution in [0.4, 0.5) is 0 Å². The third-order valence-electron chi connectivity index (χ3n) is 6.34. The van der Waals surface area contributed by atoms with Gasteiger partial charge in [-0.05, 0) is 70.6 Å². The Labute approximate surface area is 142 Å². The summed E-state index contributed by atoms with van der Waals surface area (Å²) in [5.74, 6) is 0.814. The summed E-state index contributed by atoms with van der Waals surface area (Å²) in [5.41, 5.74) is 0. The van der Waals surface area contributed by atoms with E-state index in [1.54, 1.807) is 0 Å². The molecule has 0 aliphatic carbocycles. The number of nitrogens with one attached hydrogen (secondary N) is 1. The van der Waals surface area contributed by atoms with Crippen LogP contribution in [0.3, 0.4) is 0 Å². The van der Waals surface area contributed by atoms with Gasteiger partial charge in [-0.15, -0.1) is 0 Å². The van der Waals surface area contributed by atoms with E-state index in [2.05, 4.69) is 15.1 Å². The molecule has 3 heterocycles. The van der Waals surface area contributed by atoms with Crippen LogP contribution in [0, 0.1) is 5.92 Å². The first-order chi connectivity index (χ1) is 11.4. The van der Waals surface area contributed by atoms with E-state index in [0.29, 0.717) is 18.7 Å². The molecule has 0 aromatic carbocycles. The van der Waals surface area contributed by atoms with Gasteiger partial charge in [0, 0.05) is 31.8 Å². The van der Waals surface area contributed by atoms with E-state index in [-0.39, 0.29) is 0 Å². The standard InChI is InChI=1S/C19H37N3O/c23-14-9-18-7-3-6-13-22(18)19-15-20-10-8-17(19)16-21-11-4-1-2-5-12-21/h17-20,23H,1-16H2. The fraction of sp³-hybridized carbons (Fsp3) is 1.00. The number of aliphatic hydroxyl groups is 1. The molecule has 4 heteroatoms. The van der Waals surface area contributed by atoms with Crippen molar-refractivity contribution in [1.82, 2.24) is 15.1 Å². The molecule has 0 amide bonds. The van der Waals surface area contributed by atoms with Crippen molar-refractivity contribution < 1.29 is 5.11 Å². The normalized spacial score (nSPS) is 35.1. The van der Waals surface area contributed by atoms with Crippen LogP contribution in [0.2, 0.25) is 0 Å². The molecule has 2 N–H and O–H groups in total. The molecule has 0 saturated carbocycles. The molecule has 3 aliphatic rings. The molecule has 3 rings (SSSR count). The molecule has 0 aromatic rings. The Hall–Kier alpha value is -0.160. The predicted octanol–water partition coefficient (Wildman–Crippen LogP) is 2.08. The summed E-state index contributed by atoms with van der Waals surface area (Å²) in [6.45, 7) is 7.86. The Bertz CT molecular complexity index is 329. The number of hydrogen-bond acceptors (Lipinski definition) is 4. The lowest BCUT2D eigenvalue weighted by molar-refractivity contribution is 0.0235. The maximum absolute atomic E-state index is 9.44. The van der Waals surface area contributed by atoms with Gasteiger partial charge in [0.05, 0.1) is 0 Å². The lowest BCUT2D eigenvalue weighted by Gasteiger charge is -2.47. The minimum Gasteiger partial charge on any atom is -0.396 e. The van der Waals surface area contributed by atoms with Gasteiger partial charge in [-0.1, -0.05) is 19.3 Å². The Balaban J connectivity index is 1.62. The second-order valence-electron chi connectivity index (χ2n) is 7.93. The third-order valence-corrected chi connectivity index (χ3v) is 6.34. The minimum atomic E-state index is 0.345. The number of nitrogens with zero attached hydrogens (tertiary/aromatic N) is 2. The van der Waals surface area contributed by atoms with Crippen molar-refractivity contribution in [1.29, 1.82) is 0 Å². The fourth-order valence-corrected chi connectivity index (χ4v) is 5.07. The van der Waals surface area contributed by atoms with Gasteiger partial charge in [0.15, 0.2) is 0 Å². The van der Waals surface area contributed by atoms with Crippen molar-refractivity contribution in [2.45, 2.75) is 69.9 Å². The SMILES string of the molecule is OCCC1CCCCN1C1CNCCC1CN1CCCCCC1. The summed E-state index contributed by atoms with van der Waals surface area (Å²) in [4.78, 5) is 5.52. The molecule has 23 heavy (non-hydrogen) atoms. The molecule has 0 spiro atoms. The first-order valence-corrected chi connectivity index (χ1v) is 10.2. The molecule has 134 valence electrons. The van der Waals surface area contributed by atoms with Crippen molar-refractivity contribution in [3.05, 3.63) is 0 Å². The summed E-state index contributed by atoms with van der Waals surface area (Å²) >= 11 is 0. The lowest BCUT2D eigenvalue weighted by Crippen LogP contribution is -2.58. The first-order valence-electron chi connectivity index (χ1n) is 10.2. The fourth-order valence-electron chi connectivity index (χ4n) is 5.07. The van der Waals surface area contributed by atoms with Crippen molar-refractivity contribution in [2.24, 2.45) is 5.92 Å². The van der Waals surface area contributed by atoms with Crippen LogP contribution >= 0.6 is 0 Å². The molecule has 3 fully saturated rings. The smallest absolute Gasteiger partial charge is 0.0445 e. The van der Waals surface area contributed by atoms with Gasteiger partial charge in [0.2, 0.25) is 0 Å². The molecule has 0 radical (unpaired) electrons. The van der Waals surface area contributed by atoms with Crippen molar-refractivity contribution in [3.63, 3.8) is 0 Å². The molecule has 3 aliphatic heterocycles. The van der Waals surface area contributed by atoms with E-state index < -0.39 is 0 Å². The summed E-state index contributed by atoms with van der Waals surface area (Å²) in [6.07, 6.45) is 11.9. The topological polar surface area (TPSA) is 38.7 Å². The third kappa shape index (κ3) is 4.91. The first kappa shape index (κ1) is 17.7. The average molecular weight is 324 g/mol. The molecular weight excluding hydrogens is 286 g/mol. The van der Waals surface area contributed by atoms with Crippen LogP contribution in [0.1, 0.15) is 57.8 Å². The Morgan fingerprint density at radius 3 is 2.48 bits per heavy atom. The van der Waals surface area contributed by atoms with E-state index in [0.717, 1.165) is 18.9 Å². The van der Waals surface area contributed by atoms with Gasteiger partial charge in [-0.2, -0.15) is 0 Å². The van der Waals surface area contributed by atoms with Gasteiger partial charge in [0.1, 0.15) is 0 Å². The molecule has 0 aromatic heterocycles. The van der Waals surface area contributed by atoms with E-state index in [1.165, 1.54) is 84.1 Å². The largest absolute Gasteiger partial charge is 0.396 e. The molecule has 0 bridgehead atoms. The Morgan fingerprint density at radius 1 is 0.913 bits per heavy atom. The number of likely N-dealkylation sites (tertiary alicyclic amines) is 2. The van der Waals surface area contributed by atoms with Crippen molar-refractivity contribution in [3.8, 4) is 0 Å². The highest BCUT2D eigenvalue weighted by molar-refractivity contribution is 4.92. The lowest BCUT2D eigenvalue weighted by atomic mass is 9.87. The quantitative estimate of drug-likeness (QED) is 0.812. The Morgan fingerprint density at radius 2 is 1.70 bits per heavy atom. The van der Waals surface area contributed by atoms with Crippen LogP contribution in [0.25, 0.3) is 0 Å². The molecule has 3 atom stereocenters. The number of rotatable bonds is 5. The molecule has 3 unspecified atom stereocenters. The van der Waals surface area contributed by atoms with Gasteiger partial charge >= 0.3 is 0 Å².